The maximum absolute atomic E-state index is 13.9. The van der Waals surface area contributed by atoms with E-state index >= 15 is 0 Å². The molecule has 0 saturated carbocycles. The zero-order valence-electron chi connectivity index (χ0n) is 17.9. The molecule has 1 N–H and O–H groups in total. The molecular formula is C23H29ClN2O4S. The minimum atomic E-state index is -3.66. The first-order valence-corrected chi connectivity index (χ1v) is 12.5. The van der Waals surface area contributed by atoms with Gasteiger partial charge in [-0.2, -0.15) is 0 Å². The Morgan fingerprint density at radius 1 is 1.13 bits per heavy atom. The van der Waals surface area contributed by atoms with Gasteiger partial charge in [-0.3, -0.25) is 4.90 Å². The third kappa shape index (κ3) is 4.42. The van der Waals surface area contributed by atoms with Gasteiger partial charge in [-0.25, -0.2) is 8.42 Å². The standard InChI is InChI=1S/C23H29ClN2O4S/c1-29-20-12-16-9-11-26(15-18(16)13-21(20)30-2)23(17-6-5-10-25-14-17)31(27,28)22-8-4-3-7-19(22)24/h3-4,7-8,12-13,17,23,25H,5-6,9-11,14-15H2,1-2H3. The van der Waals surface area contributed by atoms with Crippen LogP contribution >= 0.6 is 11.6 Å². The lowest BCUT2D eigenvalue weighted by Gasteiger charge is -2.40. The predicted molar refractivity (Wildman–Crippen MR) is 122 cm³/mol. The van der Waals surface area contributed by atoms with Gasteiger partial charge in [-0.1, -0.05) is 23.7 Å². The summed E-state index contributed by atoms with van der Waals surface area (Å²) < 4.78 is 38.7. The summed E-state index contributed by atoms with van der Waals surface area (Å²) in [6.07, 6.45) is 2.59. The molecule has 2 atom stereocenters. The number of methoxy groups -OCH3 is 2. The zero-order chi connectivity index (χ0) is 22.0. The monoisotopic (exact) mass is 464 g/mol. The Morgan fingerprint density at radius 3 is 2.48 bits per heavy atom. The van der Waals surface area contributed by atoms with Gasteiger partial charge < -0.3 is 14.8 Å². The van der Waals surface area contributed by atoms with Crippen LogP contribution in [0.4, 0.5) is 0 Å². The number of nitrogens with one attached hydrogen (secondary N) is 1. The van der Waals surface area contributed by atoms with Crippen molar-refractivity contribution in [1.29, 1.82) is 0 Å². The number of piperidine rings is 1. The molecule has 0 radical (unpaired) electrons. The van der Waals surface area contributed by atoms with Crippen molar-refractivity contribution in [3.05, 3.63) is 52.5 Å². The van der Waals surface area contributed by atoms with E-state index in [1.54, 1.807) is 38.5 Å². The smallest absolute Gasteiger partial charge is 0.196 e. The number of ether oxygens (including phenoxy) is 2. The number of nitrogens with zero attached hydrogens (tertiary/aromatic N) is 1. The van der Waals surface area contributed by atoms with Crippen molar-refractivity contribution in [3.8, 4) is 11.5 Å². The molecule has 2 aromatic rings. The summed E-state index contributed by atoms with van der Waals surface area (Å²) in [5.41, 5.74) is 2.25. The van der Waals surface area contributed by atoms with Crippen molar-refractivity contribution in [1.82, 2.24) is 10.2 Å². The molecule has 0 amide bonds. The molecule has 31 heavy (non-hydrogen) atoms. The number of rotatable bonds is 6. The van der Waals surface area contributed by atoms with E-state index in [9.17, 15) is 8.42 Å². The Labute approximate surface area is 189 Å². The maximum atomic E-state index is 13.9. The highest BCUT2D eigenvalue weighted by molar-refractivity contribution is 7.92. The summed E-state index contributed by atoms with van der Waals surface area (Å²) in [6, 6.07) is 10.7. The number of fused-ring (bicyclic) bond motifs is 1. The van der Waals surface area contributed by atoms with E-state index in [0.717, 1.165) is 31.4 Å². The van der Waals surface area contributed by atoms with Gasteiger partial charge in [-0.05, 0) is 61.2 Å². The maximum Gasteiger partial charge on any atom is 0.196 e. The van der Waals surface area contributed by atoms with Crippen LogP contribution in [0.15, 0.2) is 41.3 Å². The number of sulfone groups is 1. The van der Waals surface area contributed by atoms with E-state index in [4.69, 9.17) is 21.1 Å². The molecule has 1 saturated heterocycles. The highest BCUT2D eigenvalue weighted by Crippen LogP contribution is 2.37. The Kier molecular flexibility index (Phi) is 6.77. The van der Waals surface area contributed by atoms with Crippen LogP contribution in [0.5, 0.6) is 11.5 Å². The highest BCUT2D eigenvalue weighted by atomic mass is 35.5. The van der Waals surface area contributed by atoms with Crippen LogP contribution in [0, 0.1) is 5.92 Å². The summed E-state index contributed by atoms with van der Waals surface area (Å²) in [6.45, 7) is 2.81. The molecule has 2 heterocycles. The molecule has 2 aromatic carbocycles. The van der Waals surface area contributed by atoms with Gasteiger partial charge >= 0.3 is 0 Å². The average Bonchev–Trinajstić information content (AvgIpc) is 2.79. The summed E-state index contributed by atoms with van der Waals surface area (Å²) in [5.74, 6) is 1.36. The molecule has 0 aliphatic carbocycles. The van der Waals surface area contributed by atoms with Crippen LogP contribution in [0.25, 0.3) is 0 Å². The first kappa shape index (κ1) is 22.4. The fourth-order valence-corrected chi connectivity index (χ4v) is 7.44. The topological polar surface area (TPSA) is 67.9 Å². The molecule has 0 spiro atoms. The third-order valence-electron chi connectivity index (χ3n) is 6.31. The van der Waals surface area contributed by atoms with Crippen molar-refractivity contribution < 1.29 is 17.9 Å². The third-order valence-corrected chi connectivity index (χ3v) is 9.04. The summed E-state index contributed by atoms with van der Waals surface area (Å²) in [5, 5.41) is 3.02. The highest BCUT2D eigenvalue weighted by Gasteiger charge is 2.41. The summed E-state index contributed by atoms with van der Waals surface area (Å²) in [7, 11) is -0.423. The molecule has 2 unspecified atom stereocenters. The second kappa shape index (κ2) is 9.36. The molecule has 4 rings (SSSR count). The van der Waals surface area contributed by atoms with E-state index < -0.39 is 15.2 Å². The van der Waals surface area contributed by atoms with E-state index in [2.05, 4.69) is 10.2 Å². The Hall–Kier alpha value is -1.80. The first-order chi connectivity index (χ1) is 15.0. The fourth-order valence-electron chi connectivity index (χ4n) is 4.80. The SMILES string of the molecule is COc1cc2c(cc1OC)CN(C(C1CCCNC1)S(=O)(=O)c1ccccc1Cl)CC2. The van der Waals surface area contributed by atoms with Crippen LogP contribution in [-0.2, 0) is 22.8 Å². The van der Waals surface area contributed by atoms with Gasteiger partial charge in [0.05, 0.1) is 24.1 Å². The van der Waals surface area contributed by atoms with Gasteiger partial charge in [0.1, 0.15) is 5.37 Å². The van der Waals surface area contributed by atoms with Crippen LogP contribution < -0.4 is 14.8 Å². The molecule has 168 valence electrons. The Balaban J connectivity index is 1.73. The van der Waals surface area contributed by atoms with Gasteiger partial charge in [0.25, 0.3) is 0 Å². The predicted octanol–water partition coefficient (Wildman–Crippen LogP) is 3.51. The van der Waals surface area contributed by atoms with Crippen LogP contribution in [0.3, 0.4) is 0 Å². The van der Waals surface area contributed by atoms with Gasteiger partial charge in [-0.15, -0.1) is 0 Å². The second-order valence-corrected chi connectivity index (χ2v) is 10.6. The number of hydrogen-bond acceptors (Lipinski definition) is 6. The summed E-state index contributed by atoms with van der Waals surface area (Å²) in [4.78, 5) is 2.32. The first-order valence-electron chi connectivity index (χ1n) is 10.6. The van der Waals surface area contributed by atoms with Crippen molar-refractivity contribution in [2.24, 2.45) is 5.92 Å². The van der Waals surface area contributed by atoms with Crippen LogP contribution in [0.2, 0.25) is 5.02 Å². The molecule has 0 aromatic heterocycles. The average molecular weight is 465 g/mol. The number of halogens is 1. The Morgan fingerprint density at radius 2 is 1.84 bits per heavy atom. The van der Waals surface area contributed by atoms with Crippen LogP contribution in [-0.4, -0.2) is 52.5 Å². The number of benzene rings is 2. The van der Waals surface area contributed by atoms with Crippen molar-refractivity contribution in [2.75, 3.05) is 33.9 Å². The van der Waals surface area contributed by atoms with E-state index in [1.165, 1.54) is 5.56 Å². The van der Waals surface area contributed by atoms with E-state index in [-0.39, 0.29) is 15.8 Å². The lowest BCUT2D eigenvalue weighted by atomic mass is 9.95. The fraction of sp³-hybridized carbons (Fsp3) is 0.478. The molecule has 0 bridgehead atoms. The van der Waals surface area contributed by atoms with E-state index in [1.807, 2.05) is 12.1 Å². The molecule has 1 fully saturated rings. The van der Waals surface area contributed by atoms with E-state index in [0.29, 0.717) is 31.1 Å². The van der Waals surface area contributed by atoms with Gasteiger partial charge in [0.15, 0.2) is 21.3 Å². The zero-order valence-corrected chi connectivity index (χ0v) is 19.5. The number of hydrogen-bond donors (Lipinski definition) is 1. The minimum Gasteiger partial charge on any atom is -0.493 e. The summed E-state index contributed by atoms with van der Waals surface area (Å²) >= 11 is 6.34. The largest absolute Gasteiger partial charge is 0.493 e. The van der Waals surface area contributed by atoms with Crippen molar-refractivity contribution in [2.45, 2.75) is 36.1 Å². The lowest BCUT2D eigenvalue weighted by Crippen LogP contribution is -2.52. The van der Waals surface area contributed by atoms with Gasteiger partial charge in [0, 0.05) is 25.6 Å². The van der Waals surface area contributed by atoms with Crippen molar-refractivity contribution in [3.63, 3.8) is 0 Å². The molecule has 2 aliphatic rings. The second-order valence-electron chi connectivity index (χ2n) is 8.17. The van der Waals surface area contributed by atoms with Crippen LogP contribution in [0.1, 0.15) is 24.0 Å². The molecule has 8 heteroatoms. The van der Waals surface area contributed by atoms with Crippen molar-refractivity contribution >= 4 is 21.4 Å². The molecular weight excluding hydrogens is 436 g/mol. The quantitative estimate of drug-likeness (QED) is 0.705. The Bertz CT molecular complexity index is 1040. The van der Waals surface area contributed by atoms with Gasteiger partial charge in [0.2, 0.25) is 0 Å². The molecule has 6 nitrogen and oxygen atoms in total. The normalized spacial score (nSPS) is 20.7. The lowest BCUT2D eigenvalue weighted by molar-refractivity contribution is 0.161. The minimum absolute atomic E-state index is 0.00304. The molecule has 2 aliphatic heterocycles.